The van der Waals surface area contributed by atoms with Crippen molar-refractivity contribution in [1.82, 2.24) is 10.0 Å². The van der Waals surface area contributed by atoms with Crippen molar-refractivity contribution < 1.29 is 18.1 Å². The van der Waals surface area contributed by atoms with E-state index in [1.807, 2.05) is 0 Å². The first-order valence-corrected chi connectivity index (χ1v) is 7.72. The van der Waals surface area contributed by atoms with Crippen LogP contribution >= 0.6 is 11.3 Å². The molecule has 1 atom stereocenters. The number of carbonyl (C=O) groups excluding carboxylic acids is 1. The summed E-state index contributed by atoms with van der Waals surface area (Å²) >= 11 is 0.721. The molecule has 1 unspecified atom stereocenters. The number of nitrogens with zero attached hydrogens (tertiary/aromatic N) is 1. The van der Waals surface area contributed by atoms with Crippen LogP contribution in [0.3, 0.4) is 0 Å². The minimum absolute atomic E-state index is 0.128. The molecule has 0 aliphatic carbocycles. The number of rotatable bonds is 6. The average Bonchev–Trinajstić information content (AvgIpc) is 2.82. The number of sulfonamides is 1. The maximum atomic E-state index is 12.0. The van der Waals surface area contributed by atoms with Gasteiger partial charge in [0.25, 0.3) is 10.0 Å². The van der Waals surface area contributed by atoms with Crippen molar-refractivity contribution in [2.45, 2.75) is 17.2 Å². The summed E-state index contributed by atoms with van der Waals surface area (Å²) in [6.07, 6.45) is 0. The molecule has 0 aliphatic rings. The molecule has 0 spiro atoms. The Hall–Kier alpha value is -1.72. The molecule has 11 heteroatoms. The van der Waals surface area contributed by atoms with Gasteiger partial charge in [-0.2, -0.15) is 4.72 Å². The third kappa shape index (κ3) is 3.43. The number of carbonyl (C=O) groups is 1. The molecule has 3 N–H and O–H groups in total. The molecule has 0 aromatic carbocycles. The van der Waals surface area contributed by atoms with E-state index < -0.39 is 26.9 Å². The first-order valence-electron chi connectivity index (χ1n) is 5.42. The third-order valence-corrected chi connectivity index (χ3v) is 5.51. The predicted molar refractivity (Wildman–Crippen MR) is 74.4 cm³/mol. The Morgan fingerprint density at radius 2 is 2.05 bits per heavy atom. The SMILES string of the molecule is CNC(=O)C(C)NS(=O)(=O)c1cc([N+](=O)[O-])c(NC)s1. The molecule has 0 aliphatic heterocycles. The molecule has 0 saturated carbocycles. The highest BCUT2D eigenvalue weighted by Gasteiger charge is 2.28. The van der Waals surface area contributed by atoms with Gasteiger partial charge in [0.05, 0.1) is 11.0 Å². The number of likely N-dealkylation sites (N-methyl/N-ethyl adjacent to an activating group) is 1. The van der Waals surface area contributed by atoms with E-state index in [0.717, 1.165) is 17.4 Å². The Kier molecular flexibility index (Phi) is 5.03. The topological polar surface area (TPSA) is 130 Å². The molecule has 1 aromatic rings. The van der Waals surface area contributed by atoms with Crippen LogP contribution in [0.5, 0.6) is 0 Å². The van der Waals surface area contributed by atoms with Crippen LogP contribution in [-0.4, -0.2) is 39.4 Å². The fourth-order valence-electron chi connectivity index (χ4n) is 1.37. The lowest BCUT2D eigenvalue weighted by atomic mass is 10.3. The van der Waals surface area contributed by atoms with E-state index >= 15 is 0 Å². The Bertz CT molecular complexity index is 624. The maximum Gasteiger partial charge on any atom is 0.304 e. The van der Waals surface area contributed by atoms with Crippen molar-refractivity contribution in [2.75, 3.05) is 19.4 Å². The van der Waals surface area contributed by atoms with Crippen LogP contribution in [0.1, 0.15) is 6.92 Å². The van der Waals surface area contributed by atoms with E-state index in [1.165, 1.54) is 21.0 Å². The molecular weight excluding hydrogens is 308 g/mol. The van der Waals surface area contributed by atoms with Crippen LogP contribution in [0.25, 0.3) is 0 Å². The van der Waals surface area contributed by atoms with Gasteiger partial charge in [-0.1, -0.05) is 11.3 Å². The van der Waals surface area contributed by atoms with Gasteiger partial charge in [0, 0.05) is 20.2 Å². The monoisotopic (exact) mass is 322 g/mol. The summed E-state index contributed by atoms with van der Waals surface area (Å²) in [7, 11) is -1.17. The summed E-state index contributed by atoms with van der Waals surface area (Å²) in [6.45, 7) is 1.37. The number of nitro groups is 1. The molecule has 1 heterocycles. The van der Waals surface area contributed by atoms with E-state index in [4.69, 9.17) is 0 Å². The highest BCUT2D eigenvalue weighted by atomic mass is 32.2. The molecule has 1 amide bonds. The minimum Gasteiger partial charge on any atom is -0.374 e. The highest BCUT2D eigenvalue weighted by molar-refractivity contribution is 7.91. The first-order chi connectivity index (χ1) is 9.22. The predicted octanol–water partition coefficient (Wildman–Crippen LogP) is 0.111. The van der Waals surface area contributed by atoms with E-state index in [2.05, 4.69) is 15.4 Å². The van der Waals surface area contributed by atoms with Crippen molar-refractivity contribution in [2.24, 2.45) is 0 Å². The standard InChI is InChI=1S/C9H14N4O5S2/c1-5(8(14)10-2)12-20(17,18)7-4-6(13(15)16)9(11-3)19-7/h4-5,11-12H,1-3H3,(H,10,14). The largest absolute Gasteiger partial charge is 0.374 e. The maximum absolute atomic E-state index is 12.0. The van der Waals surface area contributed by atoms with Gasteiger partial charge in [-0.3, -0.25) is 14.9 Å². The van der Waals surface area contributed by atoms with E-state index in [9.17, 15) is 23.3 Å². The zero-order chi connectivity index (χ0) is 15.5. The Balaban J connectivity index is 3.10. The minimum atomic E-state index is -4.00. The summed E-state index contributed by atoms with van der Waals surface area (Å²) in [4.78, 5) is 21.4. The zero-order valence-electron chi connectivity index (χ0n) is 11.0. The van der Waals surface area contributed by atoms with Gasteiger partial charge in [0.15, 0.2) is 5.00 Å². The lowest BCUT2D eigenvalue weighted by Gasteiger charge is -2.11. The second-order valence-corrected chi connectivity index (χ2v) is 6.74. The number of nitrogens with one attached hydrogen (secondary N) is 3. The Labute approximate surface area is 119 Å². The molecule has 20 heavy (non-hydrogen) atoms. The van der Waals surface area contributed by atoms with Crippen molar-refractivity contribution in [1.29, 1.82) is 0 Å². The average molecular weight is 322 g/mol. The lowest BCUT2D eigenvalue weighted by molar-refractivity contribution is -0.383. The van der Waals surface area contributed by atoms with Crippen LogP contribution in [-0.2, 0) is 14.8 Å². The van der Waals surface area contributed by atoms with Gasteiger partial charge in [0.2, 0.25) is 5.91 Å². The lowest BCUT2D eigenvalue weighted by Crippen LogP contribution is -2.43. The van der Waals surface area contributed by atoms with Gasteiger partial charge in [-0.05, 0) is 6.92 Å². The molecule has 1 aromatic heterocycles. The third-order valence-electron chi connectivity index (χ3n) is 2.35. The second kappa shape index (κ2) is 6.15. The van der Waals surface area contributed by atoms with E-state index in [-0.39, 0.29) is 14.9 Å². The number of thiophene rings is 1. The molecule has 1 rings (SSSR count). The van der Waals surface area contributed by atoms with Gasteiger partial charge in [-0.25, -0.2) is 8.42 Å². The summed E-state index contributed by atoms with van der Waals surface area (Å²) in [5.74, 6) is -0.506. The molecule has 0 saturated heterocycles. The van der Waals surface area contributed by atoms with Crippen molar-refractivity contribution in [3.05, 3.63) is 16.2 Å². The van der Waals surface area contributed by atoms with Gasteiger partial charge in [0.1, 0.15) is 4.21 Å². The van der Waals surface area contributed by atoms with Crippen molar-refractivity contribution in [3.8, 4) is 0 Å². The number of amides is 1. The van der Waals surface area contributed by atoms with E-state index in [0.29, 0.717) is 0 Å². The zero-order valence-corrected chi connectivity index (χ0v) is 12.6. The van der Waals surface area contributed by atoms with Crippen molar-refractivity contribution in [3.63, 3.8) is 0 Å². The fraction of sp³-hybridized carbons (Fsp3) is 0.444. The molecule has 9 nitrogen and oxygen atoms in total. The molecular formula is C9H14N4O5S2. The fourth-order valence-corrected chi connectivity index (χ4v) is 3.87. The summed E-state index contributed by atoms with van der Waals surface area (Å²) in [6, 6.07) is -0.0285. The van der Waals surface area contributed by atoms with Gasteiger partial charge in [-0.15, -0.1) is 0 Å². The Morgan fingerprint density at radius 1 is 1.45 bits per heavy atom. The molecule has 0 bridgehead atoms. The smallest absolute Gasteiger partial charge is 0.304 e. The molecule has 0 radical (unpaired) electrons. The number of hydrogen-bond acceptors (Lipinski definition) is 7. The summed E-state index contributed by atoms with van der Waals surface area (Å²) < 4.78 is 26.0. The van der Waals surface area contributed by atoms with E-state index in [1.54, 1.807) is 0 Å². The Morgan fingerprint density at radius 3 is 2.45 bits per heavy atom. The quantitative estimate of drug-likeness (QED) is 0.503. The summed E-state index contributed by atoms with van der Waals surface area (Å²) in [5, 5.41) is 15.8. The number of anilines is 1. The van der Waals surface area contributed by atoms with Crippen LogP contribution in [0.2, 0.25) is 0 Å². The van der Waals surface area contributed by atoms with Gasteiger partial charge < -0.3 is 10.6 Å². The molecule has 0 fully saturated rings. The van der Waals surface area contributed by atoms with Crippen molar-refractivity contribution >= 4 is 38.0 Å². The normalized spacial score (nSPS) is 12.8. The second-order valence-electron chi connectivity index (χ2n) is 3.74. The molecule has 112 valence electrons. The highest BCUT2D eigenvalue weighted by Crippen LogP contribution is 2.36. The summed E-state index contributed by atoms with van der Waals surface area (Å²) in [5.41, 5.74) is -0.328. The van der Waals surface area contributed by atoms with Gasteiger partial charge >= 0.3 is 5.69 Å². The first kappa shape index (κ1) is 16.3. The van der Waals surface area contributed by atoms with Crippen LogP contribution in [0.4, 0.5) is 10.7 Å². The van der Waals surface area contributed by atoms with Crippen LogP contribution < -0.4 is 15.4 Å². The van der Waals surface area contributed by atoms with Crippen LogP contribution in [0.15, 0.2) is 10.3 Å². The van der Waals surface area contributed by atoms with Crippen LogP contribution in [0, 0.1) is 10.1 Å². The number of hydrogen-bond donors (Lipinski definition) is 3.